The lowest BCUT2D eigenvalue weighted by Gasteiger charge is -2.44. The zero-order valence-electron chi connectivity index (χ0n) is 14.5. The topological polar surface area (TPSA) is 135 Å². The summed E-state index contributed by atoms with van der Waals surface area (Å²) in [5, 5.41) is 5.76. The number of amidine groups is 1. The monoisotopic (exact) mass is 406 g/mol. The highest BCUT2D eigenvalue weighted by Crippen LogP contribution is 2.46. The van der Waals surface area contributed by atoms with Crippen LogP contribution in [-0.4, -0.2) is 44.5 Å². The van der Waals surface area contributed by atoms with Gasteiger partial charge in [-0.1, -0.05) is 11.8 Å². The van der Waals surface area contributed by atoms with Gasteiger partial charge in [-0.15, -0.1) is 11.3 Å². The number of fused-ring (bicyclic) bond motifs is 1. The molecule has 0 aromatic carbocycles. The van der Waals surface area contributed by atoms with Crippen LogP contribution in [0.5, 0.6) is 0 Å². The van der Waals surface area contributed by atoms with E-state index in [-0.39, 0.29) is 23.3 Å². The smallest absolute Gasteiger partial charge is 0.276 e. The molecule has 2 aliphatic rings. The van der Waals surface area contributed by atoms with Gasteiger partial charge in [-0.2, -0.15) is 0 Å². The summed E-state index contributed by atoms with van der Waals surface area (Å²) >= 11 is 2.98. The molecule has 3 atom stereocenters. The number of H-pyrrole nitrogens is 1. The molecule has 11 heteroatoms. The summed E-state index contributed by atoms with van der Waals surface area (Å²) in [6.45, 7) is 2.48. The Bertz CT molecular complexity index is 937. The summed E-state index contributed by atoms with van der Waals surface area (Å²) in [5.41, 5.74) is 5.13. The number of nitrogens with zero attached hydrogens (tertiary/aromatic N) is 3. The van der Waals surface area contributed by atoms with Crippen molar-refractivity contribution in [3.63, 3.8) is 0 Å². The van der Waals surface area contributed by atoms with E-state index in [4.69, 9.17) is 15.5 Å². The first-order valence-electron chi connectivity index (χ1n) is 8.38. The first-order valence-corrected chi connectivity index (χ1v) is 10.2. The Labute approximate surface area is 162 Å². The number of aliphatic imine (C=N–C) groups is 1. The van der Waals surface area contributed by atoms with Crippen LogP contribution in [0.25, 0.3) is 0 Å². The van der Waals surface area contributed by atoms with E-state index >= 15 is 0 Å². The van der Waals surface area contributed by atoms with Crippen LogP contribution >= 0.6 is 23.1 Å². The number of carbonyl (C=O) groups excluding carboxylic acids is 1. The van der Waals surface area contributed by atoms with Gasteiger partial charge in [0.1, 0.15) is 22.1 Å². The van der Waals surface area contributed by atoms with Gasteiger partial charge in [0.25, 0.3) is 11.5 Å². The summed E-state index contributed by atoms with van der Waals surface area (Å²) in [6.07, 6.45) is 3.37. The van der Waals surface area contributed by atoms with E-state index < -0.39 is 11.4 Å². The third-order valence-electron chi connectivity index (χ3n) is 4.64. The summed E-state index contributed by atoms with van der Waals surface area (Å²) in [4.78, 5) is 38.9. The fourth-order valence-electron chi connectivity index (χ4n) is 3.26. The second-order valence-corrected chi connectivity index (χ2v) is 8.43. The first kappa shape index (κ1) is 18.1. The van der Waals surface area contributed by atoms with Crippen LogP contribution in [0.2, 0.25) is 0 Å². The van der Waals surface area contributed by atoms with Gasteiger partial charge in [0.15, 0.2) is 5.17 Å². The Hall–Kier alpha value is -2.24. The largest absolute Gasteiger partial charge is 0.379 e. The van der Waals surface area contributed by atoms with Crippen molar-refractivity contribution in [2.24, 2.45) is 16.6 Å². The molecule has 0 radical (unpaired) electrons. The van der Waals surface area contributed by atoms with Crippen molar-refractivity contribution < 1.29 is 9.53 Å². The number of rotatable bonds is 3. The fourth-order valence-corrected chi connectivity index (χ4v) is 5.23. The molecule has 0 spiro atoms. The number of carbonyl (C=O) groups is 1. The zero-order chi connectivity index (χ0) is 19.0. The molecule has 1 amide bonds. The molecule has 0 unspecified atom stereocenters. The Kier molecular flexibility index (Phi) is 4.74. The van der Waals surface area contributed by atoms with E-state index in [0.29, 0.717) is 17.6 Å². The van der Waals surface area contributed by atoms with Crippen LogP contribution in [-0.2, 0) is 10.3 Å². The highest BCUT2D eigenvalue weighted by molar-refractivity contribution is 8.13. The van der Waals surface area contributed by atoms with E-state index in [0.717, 1.165) is 23.4 Å². The number of thiazole rings is 1. The first-order chi connectivity index (χ1) is 13.0. The van der Waals surface area contributed by atoms with Crippen LogP contribution in [0.3, 0.4) is 0 Å². The van der Waals surface area contributed by atoms with Gasteiger partial charge in [0, 0.05) is 23.2 Å². The lowest BCUT2D eigenvalue weighted by Crippen LogP contribution is -2.49. The van der Waals surface area contributed by atoms with Gasteiger partial charge in [-0.25, -0.2) is 15.0 Å². The third kappa shape index (κ3) is 3.49. The molecule has 0 saturated carbocycles. The molecule has 2 aliphatic heterocycles. The summed E-state index contributed by atoms with van der Waals surface area (Å²) < 4.78 is 5.89. The predicted octanol–water partition coefficient (Wildman–Crippen LogP) is 1.16. The SMILES string of the molecule is C[C@H]1C[C@H]2CSC(N)=N[C@@]2(c2nc(NC(=O)c3c[nH]c(=O)cn3)cs2)CO1. The number of amides is 1. The lowest BCUT2D eigenvalue weighted by atomic mass is 9.80. The Morgan fingerprint density at radius 3 is 3.15 bits per heavy atom. The van der Waals surface area contributed by atoms with E-state index in [1.807, 2.05) is 0 Å². The van der Waals surface area contributed by atoms with Gasteiger partial charge in [-0.05, 0) is 13.3 Å². The van der Waals surface area contributed by atoms with Crippen molar-refractivity contribution >= 4 is 40.0 Å². The maximum absolute atomic E-state index is 12.3. The molecular weight excluding hydrogens is 388 g/mol. The predicted molar refractivity (Wildman–Crippen MR) is 104 cm³/mol. The summed E-state index contributed by atoms with van der Waals surface area (Å²) in [7, 11) is 0. The standard InChI is InChI=1S/C16H18N6O3S2/c1-8-2-9-5-27-15(17)22-16(9,7-25-8)14-21-11(6-26-14)20-13(24)10-3-19-12(23)4-18-10/h3-4,6,8-9H,2,5,7H2,1H3,(H2,17,22)(H,19,23)(H,20,24)/t8-,9-,16-/m0/s1. The normalized spacial score (nSPS) is 27.5. The molecule has 0 bridgehead atoms. The van der Waals surface area contributed by atoms with Crippen molar-refractivity contribution in [1.29, 1.82) is 0 Å². The number of anilines is 1. The molecule has 1 fully saturated rings. The number of nitrogens with one attached hydrogen (secondary N) is 2. The number of thioether (sulfide) groups is 1. The number of aromatic nitrogens is 3. The highest BCUT2D eigenvalue weighted by atomic mass is 32.2. The van der Waals surface area contributed by atoms with Crippen molar-refractivity contribution in [3.05, 3.63) is 38.8 Å². The van der Waals surface area contributed by atoms with Gasteiger partial charge in [0.2, 0.25) is 0 Å². The Morgan fingerprint density at radius 2 is 2.37 bits per heavy atom. The van der Waals surface area contributed by atoms with E-state index in [1.54, 1.807) is 17.1 Å². The average Bonchev–Trinajstić information content (AvgIpc) is 3.11. The van der Waals surface area contributed by atoms with Gasteiger partial charge in [0.05, 0.1) is 18.9 Å². The van der Waals surface area contributed by atoms with E-state index in [2.05, 4.69) is 27.2 Å². The Balaban J connectivity index is 1.59. The molecule has 2 aromatic heterocycles. The number of aromatic amines is 1. The minimum atomic E-state index is -0.605. The van der Waals surface area contributed by atoms with E-state index in [1.165, 1.54) is 17.5 Å². The molecule has 4 heterocycles. The van der Waals surface area contributed by atoms with Crippen LogP contribution in [0, 0.1) is 5.92 Å². The molecule has 0 aliphatic carbocycles. The van der Waals surface area contributed by atoms with Crippen molar-refractivity contribution in [2.75, 3.05) is 17.7 Å². The molecular formula is C16H18N6O3S2. The maximum atomic E-state index is 12.3. The van der Waals surface area contributed by atoms with Crippen LogP contribution in [0.15, 0.2) is 27.6 Å². The third-order valence-corrected chi connectivity index (χ3v) is 6.61. The van der Waals surface area contributed by atoms with Gasteiger partial charge < -0.3 is 20.8 Å². The van der Waals surface area contributed by atoms with Crippen molar-refractivity contribution in [2.45, 2.75) is 25.0 Å². The number of nitrogens with two attached hydrogens (primary N) is 1. The van der Waals surface area contributed by atoms with Crippen LogP contribution < -0.4 is 16.6 Å². The Morgan fingerprint density at radius 1 is 1.52 bits per heavy atom. The number of hydrogen-bond acceptors (Lipinski definition) is 9. The minimum Gasteiger partial charge on any atom is -0.379 e. The highest BCUT2D eigenvalue weighted by Gasteiger charge is 2.49. The van der Waals surface area contributed by atoms with E-state index in [9.17, 15) is 9.59 Å². The molecule has 4 N–H and O–H groups in total. The maximum Gasteiger partial charge on any atom is 0.276 e. The quantitative estimate of drug-likeness (QED) is 0.696. The fraction of sp³-hybridized carbons (Fsp3) is 0.438. The second-order valence-electron chi connectivity index (χ2n) is 6.53. The molecule has 4 rings (SSSR count). The lowest BCUT2D eigenvalue weighted by molar-refractivity contribution is -0.0466. The molecule has 142 valence electrons. The van der Waals surface area contributed by atoms with Crippen molar-refractivity contribution in [3.8, 4) is 0 Å². The van der Waals surface area contributed by atoms with Crippen molar-refractivity contribution in [1.82, 2.24) is 15.0 Å². The van der Waals surface area contributed by atoms with Crippen LogP contribution in [0.1, 0.15) is 28.8 Å². The molecule has 9 nitrogen and oxygen atoms in total. The second kappa shape index (κ2) is 7.06. The summed E-state index contributed by atoms with van der Waals surface area (Å²) in [5.74, 6) is 1.10. The number of ether oxygens (including phenoxy) is 1. The van der Waals surface area contributed by atoms with Crippen LogP contribution in [0.4, 0.5) is 5.82 Å². The molecule has 1 saturated heterocycles. The molecule has 2 aromatic rings. The average molecular weight is 406 g/mol. The summed E-state index contributed by atoms with van der Waals surface area (Å²) in [6, 6.07) is 0. The zero-order valence-corrected chi connectivity index (χ0v) is 16.1. The number of hydrogen-bond donors (Lipinski definition) is 3. The van der Waals surface area contributed by atoms with Gasteiger partial charge >= 0.3 is 0 Å². The molecule has 27 heavy (non-hydrogen) atoms. The van der Waals surface area contributed by atoms with Gasteiger partial charge in [-0.3, -0.25) is 9.59 Å². The minimum absolute atomic E-state index is 0.103.